The van der Waals surface area contributed by atoms with Crippen molar-refractivity contribution in [3.63, 3.8) is 0 Å². The van der Waals surface area contributed by atoms with E-state index in [1.807, 2.05) is 13.8 Å². The van der Waals surface area contributed by atoms with Gasteiger partial charge in [0.25, 0.3) is 5.91 Å². The number of nitrogens with zero attached hydrogens (tertiary/aromatic N) is 1. The highest BCUT2D eigenvalue weighted by atomic mass is 35.5. The molecule has 0 aliphatic heterocycles. The van der Waals surface area contributed by atoms with Gasteiger partial charge in [0.1, 0.15) is 6.04 Å². The lowest BCUT2D eigenvalue weighted by molar-refractivity contribution is -0.124. The summed E-state index contributed by atoms with van der Waals surface area (Å²) < 4.78 is 0. The first-order valence-corrected chi connectivity index (χ1v) is 9.61. The van der Waals surface area contributed by atoms with Crippen LogP contribution >= 0.6 is 11.6 Å². The Morgan fingerprint density at radius 2 is 1.62 bits per heavy atom. The van der Waals surface area contributed by atoms with Crippen LogP contribution in [0.5, 0.6) is 0 Å². The molecule has 0 fully saturated rings. The van der Waals surface area contributed by atoms with E-state index in [1.165, 1.54) is 0 Å². The molecule has 1 aromatic rings. The largest absolute Gasteiger partial charge is 0.353 e. The number of nitrogens with one attached hydrogen (secondary N) is 2. The quantitative estimate of drug-likeness (QED) is 0.689. The fourth-order valence-corrected chi connectivity index (χ4v) is 3.15. The van der Waals surface area contributed by atoms with E-state index in [4.69, 9.17) is 11.6 Å². The minimum atomic E-state index is -0.606. The minimum Gasteiger partial charge on any atom is -0.353 e. The topological polar surface area (TPSA) is 61.4 Å². The second kappa shape index (κ2) is 10.5. The standard InChI is InChI=1S/C20H32ClN3O2/c1-13(2)18(23-19(25)16-9-7-8-10-17(16)21)20(26)22-11-12-24(14(3)4)15(5)6/h7-10,13-15,18H,11-12H2,1-6H3,(H,22,26)(H,23,25). The van der Waals surface area contributed by atoms with Crippen LogP contribution in [0.25, 0.3) is 0 Å². The zero-order valence-electron chi connectivity index (χ0n) is 16.7. The zero-order valence-corrected chi connectivity index (χ0v) is 17.4. The van der Waals surface area contributed by atoms with Gasteiger partial charge in [-0.25, -0.2) is 0 Å². The summed E-state index contributed by atoms with van der Waals surface area (Å²) >= 11 is 6.07. The molecule has 1 unspecified atom stereocenters. The van der Waals surface area contributed by atoms with E-state index in [0.717, 1.165) is 6.54 Å². The molecule has 2 N–H and O–H groups in total. The smallest absolute Gasteiger partial charge is 0.253 e. The highest BCUT2D eigenvalue weighted by Crippen LogP contribution is 2.15. The number of benzene rings is 1. The average Bonchev–Trinajstić information content (AvgIpc) is 2.55. The SMILES string of the molecule is CC(C)C(NC(=O)c1ccccc1Cl)C(=O)NCCN(C(C)C)C(C)C. The molecular weight excluding hydrogens is 350 g/mol. The molecule has 6 heteroatoms. The van der Waals surface area contributed by atoms with Crippen molar-refractivity contribution in [2.45, 2.75) is 59.7 Å². The van der Waals surface area contributed by atoms with Crippen molar-refractivity contribution < 1.29 is 9.59 Å². The fourth-order valence-electron chi connectivity index (χ4n) is 2.93. The molecule has 26 heavy (non-hydrogen) atoms. The summed E-state index contributed by atoms with van der Waals surface area (Å²) in [6.07, 6.45) is 0. The normalized spacial score (nSPS) is 12.7. The van der Waals surface area contributed by atoms with Gasteiger partial charge in [-0.05, 0) is 45.7 Å². The third kappa shape index (κ3) is 6.61. The van der Waals surface area contributed by atoms with Crippen LogP contribution in [-0.2, 0) is 4.79 Å². The summed E-state index contributed by atoms with van der Waals surface area (Å²) in [5, 5.41) is 6.13. The Morgan fingerprint density at radius 1 is 1.04 bits per heavy atom. The molecule has 1 atom stereocenters. The number of hydrogen-bond donors (Lipinski definition) is 2. The van der Waals surface area contributed by atoms with E-state index in [9.17, 15) is 9.59 Å². The average molecular weight is 382 g/mol. The highest BCUT2D eigenvalue weighted by molar-refractivity contribution is 6.33. The Bertz CT molecular complexity index is 594. The molecule has 0 spiro atoms. The number of rotatable bonds is 9. The predicted molar refractivity (Wildman–Crippen MR) is 108 cm³/mol. The molecule has 0 heterocycles. The first kappa shape index (κ1) is 22.5. The molecule has 5 nitrogen and oxygen atoms in total. The maximum Gasteiger partial charge on any atom is 0.253 e. The maximum absolute atomic E-state index is 12.6. The monoisotopic (exact) mass is 381 g/mol. The number of carbonyl (C=O) groups is 2. The molecule has 0 bridgehead atoms. The molecule has 0 saturated heterocycles. The molecule has 0 saturated carbocycles. The van der Waals surface area contributed by atoms with Gasteiger partial charge in [0.2, 0.25) is 5.91 Å². The third-order valence-electron chi connectivity index (χ3n) is 4.35. The Hall–Kier alpha value is -1.59. The summed E-state index contributed by atoms with van der Waals surface area (Å²) in [4.78, 5) is 27.4. The van der Waals surface area contributed by atoms with Crippen molar-refractivity contribution in [1.29, 1.82) is 0 Å². The van der Waals surface area contributed by atoms with E-state index in [2.05, 4.69) is 43.2 Å². The zero-order chi connectivity index (χ0) is 19.9. The lowest BCUT2D eigenvalue weighted by Crippen LogP contribution is -2.51. The summed E-state index contributed by atoms with van der Waals surface area (Å²) in [5.74, 6) is -0.545. The Balaban J connectivity index is 2.67. The van der Waals surface area contributed by atoms with Gasteiger partial charge in [0.15, 0.2) is 0 Å². The molecule has 2 amide bonds. The van der Waals surface area contributed by atoms with Crippen LogP contribution in [0.3, 0.4) is 0 Å². The maximum atomic E-state index is 12.6. The van der Waals surface area contributed by atoms with Gasteiger partial charge >= 0.3 is 0 Å². The van der Waals surface area contributed by atoms with E-state index in [-0.39, 0.29) is 17.7 Å². The first-order chi connectivity index (χ1) is 12.1. The van der Waals surface area contributed by atoms with E-state index < -0.39 is 6.04 Å². The van der Waals surface area contributed by atoms with Crippen LogP contribution in [0.15, 0.2) is 24.3 Å². The minimum absolute atomic E-state index is 0.0345. The third-order valence-corrected chi connectivity index (χ3v) is 4.68. The number of amides is 2. The van der Waals surface area contributed by atoms with E-state index >= 15 is 0 Å². The Morgan fingerprint density at radius 3 is 2.12 bits per heavy atom. The molecule has 1 rings (SSSR count). The molecule has 0 aromatic heterocycles. The van der Waals surface area contributed by atoms with Crippen LogP contribution < -0.4 is 10.6 Å². The van der Waals surface area contributed by atoms with Crippen LogP contribution in [0.1, 0.15) is 51.9 Å². The lowest BCUT2D eigenvalue weighted by Gasteiger charge is -2.31. The van der Waals surface area contributed by atoms with Crippen LogP contribution in [-0.4, -0.2) is 47.9 Å². The van der Waals surface area contributed by atoms with Crippen molar-refractivity contribution in [2.24, 2.45) is 5.92 Å². The van der Waals surface area contributed by atoms with Gasteiger partial charge in [0.05, 0.1) is 10.6 Å². The molecular formula is C20H32ClN3O2. The second-order valence-electron chi connectivity index (χ2n) is 7.39. The fraction of sp³-hybridized carbons (Fsp3) is 0.600. The molecule has 0 aliphatic rings. The van der Waals surface area contributed by atoms with Gasteiger partial charge < -0.3 is 10.6 Å². The molecule has 1 aromatic carbocycles. The van der Waals surface area contributed by atoms with Gasteiger partial charge in [0, 0.05) is 25.2 Å². The molecule has 0 aliphatic carbocycles. The lowest BCUT2D eigenvalue weighted by atomic mass is 10.0. The van der Waals surface area contributed by atoms with Gasteiger partial charge in [-0.1, -0.05) is 37.6 Å². The van der Waals surface area contributed by atoms with Gasteiger partial charge in [-0.2, -0.15) is 0 Å². The Labute approximate surface area is 162 Å². The number of hydrogen-bond acceptors (Lipinski definition) is 3. The van der Waals surface area contributed by atoms with Crippen LogP contribution in [0.4, 0.5) is 0 Å². The summed E-state index contributed by atoms with van der Waals surface area (Å²) in [5.41, 5.74) is 0.374. The van der Waals surface area contributed by atoms with Crippen LogP contribution in [0.2, 0.25) is 5.02 Å². The predicted octanol–water partition coefficient (Wildman–Crippen LogP) is 3.33. The number of halogens is 1. The van der Waals surface area contributed by atoms with E-state index in [1.54, 1.807) is 24.3 Å². The summed E-state index contributed by atoms with van der Waals surface area (Å²) in [6.45, 7) is 13.7. The first-order valence-electron chi connectivity index (χ1n) is 9.24. The van der Waals surface area contributed by atoms with Crippen molar-refractivity contribution >= 4 is 23.4 Å². The number of carbonyl (C=O) groups excluding carboxylic acids is 2. The highest BCUT2D eigenvalue weighted by Gasteiger charge is 2.25. The molecule has 0 radical (unpaired) electrons. The van der Waals surface area contributed by atoms with Crippen molar-refractivity contribution in [1.82, 2.24) is 15.5 Å². The van der Waals surface area contributed by atoms with Crippen molar-refractivity contribution in [3.8, 4) is 0 Å². The second-order valence-corrected chi connectivity index (χ2v) is 7.80. The summed E-state index contributed by atoms with van der Waals surface area (Å²) in [6, 6.07) is 7.04. The molecule has 146 valence electrons. The van der Waals surface area contributed by atoms with Gasteiger partial charge in [-0.15, -0.1) is 0 Å². The summed E-state index contributed by atoms with van der Waals surface area (Å²) in [7, 11) is 0. The van der Waals surface area contributed by atoms with E-state index in [0.29, 0.717) is 29.2 Å². The van der Waals surface area contributed by atoms with Crippen LogP contribution in [0, 0.1) is 5.92 Å². The van der Waals surface area contributed by atoms with Crippen molar-refractivity contribution in [3.05, 3.63) is 34.9 Å². The Kier molecular flexibility index (Phi) is 9.09. The van der Waals surface area contributed by atoms with Gasteiger partial charge in [-0.3, -0.25) is 14.5 Å². The van der Waals surface area contributed by atoms with Crippen molar-refractivity contribution in [2.75, 3.05) is 13.1 Å².